The van der Waals surface area contributed by atoms with E-state index in [-0.39, 0.29) is 5.57 Å². The molecule has 0 saturated heterocycles. The van der Waals surface area contributed by atoms with Crippen LogP contribution in [0, 0.1) is 11.3 Å². The van der Waals surface area contributed by atoms with Gasteiger partial charge < -0.3 is 14.8 Å². The molecule has 0 unspecified atom stereocenters. The zero-order valence-electron chi connectivity index (χ0n) is 16.7. The van der Waals surface area contributed by atoms with Crippen molar-refractivity contribution in [2.75, 3.05) is 6.61 Å². The zero-order chi connectivity index (χ0) is 21.3. The Kier molecular flexibility index (Phi) is 8.20. The van der Waals surface area contributed by atoms with Crippen LogP contribution in [0.15, 0.2) is 29.8 Å². The summed E-state index contributed by atoms with van der Waals surface area (Å²) in [7, 11) is 0. The van der Waals surface area contributed by atoms with Gasteiger partial charge in [0.05, 0.1) is 6.61 Å². The summed E-state index contributed by atoms with van der Waals surface area (Å²) in [5, 5.41) is 13.8. The molecule has 0 aromatic heterocycles. The third-order valence-corrected chi connectivity index (χ3v) is 3.22. The van der Waals surface area contributed by atoms with Gasteiger partial charge in [0.2, 0.25) is 0 Å². The van der Waals surface area contributed by atoms with Crippen molar-refractivity contribution < 1.29 is 23.9 Å². The summed E-state index contributed by atoms with van der Waals surface area (Å²) < 4.78 is 10.3. The first-order chi connectivity index (χ1) is 13.1. The van der Waals surface area contributed by atoms with Gasteiger partial charge in [-0.25, -0.2) is 9.59 Å². The van der Waals surface area contributed by atoms with Crippen LogP contribution in [0.1, 0.15) is 40.2 Å². The number of benzene rings is 1. The molecule has 8 nitrogen and oxygen atoms in total. The van der Waals surface area contributed by atoms with Gasteiger partial charge in [-0.15, -0.1) is 0 Å². The van der Waals surface area contributed by atoms with E-state index in [9.17, 15) is 19.6 Å². The third-order valence-electron chi connectivity index (χ3n) is 3.22. The van der Waals surface area contributed by atoms with Crippen LogP contribution < -0.4 is 15.4 Å². The van der Waals surface area contributed by atoms with E-state index < -0.39 is 29.6 Å². The fraction of sp³-hybridized carbons (Fsp3) is 0.400. The maximum absolute atomic E-state index is 12.2. The van der Waals surface area contributed by atoms with Crippen LogP contribution in [0.5, 0.6) is 5.75 Å². The lowest BCUT2D eigenvalue weighted by Crippen LogP contribution is -2.50. The SMILES string of the molecule is CCOc1ccc(/C=C(\C#N)C(=O)O[C@@H](C)C(=O)NC(=O)NC(C)(C)C)cc1. The van der Waals surface area contributed by atoms with Gasteiger partial charge in [-0.05, 0) is 58.4 Å². The first kappa shape index (κ1) is 22.7. The Morgan fingerprint density at radius 1 is 1.21 bits per heavy atom. The highest BCUT2D eigenvalue weighted by atomic mass is 16.5. The fourth-order valence-corrected chi connectivity index (χ4v) is 1.99. The Morgan fingerprint density at radius 2 is 1.82 bits per heavy atom. The molecule has 0 fully saturated rings. The number of nitrogens with zero attached hydrogens (tertiary/aromatic N) is 1. The Bertz CT molecular complexity index is 786. The van der Waals surface area contributed by atoms with Crippen molar-refractivity contribution in [1.82, 2.24) is 10.6 Å². The first-order valence-corrected chi connectivity index (χ1v) is 8.74. The van der Waals surface area contributed by atoms with Gasteiger partial charge in [0, 0.05) is 5.54 Å². The lowest BCUT2D eigenvalue weighted by molar-refractivity contribution is -0.150. The molecule has 0 bridgehead atoms. The number of hydrogen-bond acceptors (Lipinski definition) is 6. The number of ether oxygens (including phenoxy) is 2. The van der Waals surface area contributed by atoms with Crippen LogP contribution in [0.2, 0.25) is 0 Å². The number of carbonyl (C=O) groups excluding carboxylic acids is 3. The third kappa shape index (κ3) is 7.91. The van der Waals surface area contributed by atoms with Gasteiger partial charge in [0.15, 0.2) is 6.10 Å². The van der Waals surface area contributed by atoms with E-state index >= 15 is 0 Å². The summed E-state index contributed by atoms with van der Waals surface area (Å²) in [6, 6.07) is 7.83. The Balaban J connectivity index is 2.73. The van der Waals surface area contributed by atoms with Crippen molar-refractivity contribution in [2.24, 2.45) is 0 Å². The predicted octanol–water partition coefficient (Wildman–Crippen LogP) is 2.55. The number of esters is 1. The Labute approximate surface area is 164 Å². The topological polar surface area (TPSA) is 118 Å². The average molecular weight is 387 g/mol. The van der Waals surface area contributed by atoms with Crippen LogP contribution in [0.25, 0.3) is 6.08 Å². The standard InChI is InChI=1S/C20H25N3O5/c1-6-27-16-9-7-14(8-10-16)11-15(12-21)18(25)28-13(2)17(24)22-19(26)23-20(3,4)5/h7-11,13H,6H2,1-5H3,(H2,22,23,24,26)/b15-11+/t13-/m0/s1. The lowest BCUT2D eigenvalue weighted by Gasteiger charge is -2.21. The normalized spacial score (nSPS) is 12.4. The number of imide groups is 1. The van der Waals surface area contributed by atoms with E-state index in [0.29, 0.717) is 17.9 Å². The molecule has 28 heavy (non-hydrogen) atoms. The monoisotopic (exact) mass is 387 g/mol. The summed E-state index contributed by atoms with van der Waals surface area (Å²) >= 11 is 0. The largest absolute Gasteiger partial charge is 0.494 e. The van der Waals surface area contributed by atoms with Crippen molar-refractivity contribution in [1.29, 1.82) is 5.26 Å². The second-order valence-electron chi connectivity index (χ2n) is 6.91. The fourth-order valence-electron chi connectivity index (χ4n) is 1.99. The molecule has 0 radical (unpaired) electrons. The molecule has 2 N–H and O–H groups in total. The molecule has 1 aromatic rings. The molecule has 0 aliphatic heterocycles. The van der Waals surface area contributed by atoms with Gasteiger partial charge in [0.25, 0.3) is 5.91 Å². The molecule has 0 aliphatic carbocycles. The Hall–Kier alpha value is -3.34. The van der Waals surface area contributed by atoms with Crippen molar-refractivity contribution >= 4 is 24.0 Å². The molecule has 1 rings (SSSR count). The Morgan fingerprint density at radius 3 is 2.32 bits per heavy atom. The molecule has 0 heterocycles. The van der Waals surface area contributed by atoms with Crippen LogP contribution >= 0.6 is 0 Å². The second kappa shape index (κ2) is 10.1. The second-order valence-corrected chi connectivity index (χ2v) is 6.91. The summed E-state index contributed by atoms with van der Waals surface area (Å²) in [5.41, 5.74) is -0.208. The molecule has 0 spiro atoms. The molecule has 3 amide bonds. The number of urea groups is 1. The molecular formula is C20H25N3O5. The average Bonchev–Trinajstić information content (AvgIpc) is 2.59. The molecule has 1 atom stereocenters. The van der Waals surface area contributed by atoms with E-state index in [1.165, 1.54) is 13.0 Å². The van der Waals surface area contributed by atoms with Crippen molar-refractivity contribution in [3.63, 3.8) is 0 Å². The summed E-state index contributed by atoms with van der Waals surface area (Å²) in [6.45, 7) is 8.96. The molecule has 8 heteroatoms. The number of carbonyl (C=O) groups is 3. The van der Waals surface area contributed by atoms with Gasteiger partial charge in [-0.1, -0.05) is 12.1 Å². The molecule has 0 aliphatic rings. The molecular weight excluding hydrogens is 362 g/mol. The smallest absolute Gasteiger partial charge is 0.349 e. The summed E-state index contributed by atoms with van der Waals surface area (Å²) in [5.74, 6) is -1.09. The minimum atomic E-state index is -1.25. The minimum Gasteiger partial charge on any atom is -0.494 e. The van der Waals surface area contributed by atoms with Crippen molar-refractivity contribution in [2.45, 2.75) is 46.3 Å². The number of nitrogens with one attached hydrogen (secondary N) is 2. The van der Waals surface area contributed by atoms with E-state index in [1.807, 2.05) is 6.92 Å². The van der Waals surface area contributed by atoms with Gasteiger partial charge in [-0.2, -0.15) is 5.26 Å². The molecule has 150 valence electrons. The summed E-state index contributed by atoms with van der Waals surface area (Å²) in [4.78, 5) is 35.8. The van der Waals surface area contributed by atoms with E-state index in [2.05, 4.69) is 10.6 Å². The van der Waals surface area contributed by atoms with Crippen molar-refractivity contribution in [3.8, 4) is 11.8 Å². The highest BCUT2D eigenvalue weighted by Crippen LogP contribution is 2.15. The van der Waals surface area contributed by atoms with Crippen LogP contribution in [-0.2, 0) is 14.3 Å². The van der Waals surface area contributed by atoms with E-state index in [1.54, 1.807) is 51.1 Å². The van der Waals surface area contributed by atoms with Crippen LogP contribution in [0.4, 0.5) is 4.79 Å². The van der Waals surface area contributed by atoms with Gasteiger partial charge in [0.1, 0.15) is 17.4 Å². The minimum absolute atomic E-state index is 0.275. The summed E-state index contributed by atoms with van der Waals surface area (Å²) in [6.07, 6.45) is 0.0879. The van der Waals surface area contributed by atoms with Crippen molar-refractivity contribution in [3.05, 3.63) is 35.4 Å². The van der Waals surface area contributed by atoms with Crippen LogP contribution in [-0.4, -0.2) is 36.2 Å². The number of nitriles is 1. The zero-order valence-corrected chi connectivity index (χ0v) is 16.7. The van der Waals surface area contributed by atoms with Gasteiger partial charge >= 0.3 is 12.0 Å². The number of amides is 3. The van der Waals surface area contributed by atoms with E-state index in [0.717, 1.165) is 0 Å². The molecule has 0 saturated carbocycles. The number of hydrogen-bond donors (Lipinski definition) is 2. The highest BCUT2D eigenvalue weighted by molar-refractivity contribution is 6.01. The quantitative estimate of drug-likeness (QED) is 0.440. The maximum Gasteiger partial charge on any atom is 0.349 e. The number of rotatable bonds is 6. The highest BCUT2D eigenvalue weighted by Gasteiger charge is 2.23. The predicted molar refractivity (Wildman–Crippen MR) is 103 cm³/mol. The maximum atomic E-state index is 12.2. The lowest BCUT2D eigenvalue weighted by atomic mass is 10.1. The van der Waals surface area contributed by atoms with E-state index in [4.69, 9.17) is 9.47 Å². The van der Waals surface area contributed by atoms with Crippen LogP contribution in [0.3, 0.4) is 0 Å². The van der Waals surface area contributed by atoms with Gasteiger partial charge in [-0.3, -0.25) is 10.1 Å². The first-order valence-electron chi connectivity index (χ1n) is 8.74. The molecule has 1 aromatic carbocycles.